The first-order valence-electron chi connectivity index (χ1n) is 12.6. The van der Waals surface area contributed by atoms with Gasteiger partial charge in [-0.15, -0.1) is 0 Å². The summed E-state index contributed by atoms with van der Waals surface area (Å²) in [7, 11) is 0. The zero-order valence-corrected chi connectivity index (χ0v) is 19.1. The number of likely N-dealkylation sites (tertiary alicyclic amines) is 1. The second kappa shape index (κ2) is 8.59. The molecule has 2 unspecified atom stereocenters. The average Bonchev–Trinajstić information content (AvgIpc) is 3.63. The number of β-amino-alcohol motifs (C(OH)–C–C–N with tert-alkyl or cyclic N) is 1. The van der Waals surface area contributed by atoms with Crippen LogP contribution in [0.5, 0.6) is 0 Å². The Morgan fingerprint density at radius 2 is 1.94 bits per heavy atom. The number of fused-ring (bicyclic) bond motifs is 1. The van der Waals surface area contributed by atoms with E-state index in [9.17, 15) is 9.90 Å². The van der Waals surface area contributed by atoms with Crippen LogP contribution in [0.25, 0.3) is 0 Å². The van der Waals surface area contributed by atoms with E-state index in [1.54, 1.807) is 4.90 Å². The number of aliphatic hydroxyl groups is 1. The van der Waals surface area contributed by atoms with Crippen molar-refractivity contribution in [3.63, 3.8) is 0 Å². The molecule has 9 nitrogen and oxygen atoms in total. The van der Waals surface area contributed by atoms with Gasteiger partial charge >= 0.3 is 0 Å². The molecular weight excluding hydrogens is 418 g/mol. The highest BCUT2D eigenvalue weighted by molar-refractivity contribution is 5.85. The normalized spacial score (nSPS) is 25.2. The molecule has 0 radical (unpaired) electrons. The number of anilines is 3. The molecule has 1 saturated carbocycles. The predicted molar refractivity (Wildman–Crippen MR) is 125 cm³/mol. The van der Waals surface area contributed by atoms with Crippen molar-refractivity contribution in [3.8, 4) is 0 Å². The van der Waals surface area contributed by atoms with Gasteiger partial charge in [-0.05, 0) is 51.4 Å². The highest BCUT2D eigenvalue weighted by Gasteiger charge is 2.38. The molecule has 2 aliphatic heterocycles. The monoisotopic (exact) mass is 451 g/mol. The third-order valence-electron chi connectivity index (χ3n) is 7.83. The van der Waals surface area contributed by atoms with Crippen molar-refractivity contribution < 1.29 is 9.90 Å². The average molecular weight is 452 g/mol. The van der Waals surface area contributed by atoms with Crippen molar-refractivity contribution in [1.82, 2.24) is 25.1 Å². The molecular formula is C24H33N7O2. The SMILES string of the molecule is O=C(C1CCCN1c1nc2c(c(Nc3cc(C4CCCC4)[nH]n3)n1)CCC2)N1CCC(O)C1. The maximum atomic E-state index is 13.2. The predicted octanol–water partition coefficient (Wildman–Crippen LogP) is 2.65. The summed E-state index contributed by atoms with van der Waals surface area (Å²) in [4.78, 5) is 26.9. The number of rotatable bonds is 5. The molecule has 33 heavy (non-hydrogen) atoms. The topological polar surface area (TPSA) is 110 Å². The molecule has 0 spiro atoms. The van der Waals surface area contributed by atoms with Gasteiger partial charge in [0.25, 0.3) is 0 Å². The summed E-state index contributed by atoms with van der Waals surface area (Å²) < 4.78 is 0. The summed E-state index contributed by atoms with van der Waals surface area (Å²) in [5, 5.41) is 21.1. The number of hydrogen-bond donors (Lipinski definition) is 3. The maximum absolute atomic E-state index is 13.2. The van der Waals surface area contributed by atoms with Crippen molar-refractivity contribution in [2.75, 3.05) is 29.9 Å². The maximum Gasteiger partial charge on any atom is 0.245 e. The van der Waals surface area contributed by atoms with E-state index in [4.69, 9.17) is 9.97 Å². The number of nitrogens with one attached hydrogen (secondary N) is 2. The van der Waals surface area contributed by atoms with E-state index in [1.165, 1.54) is 36.9 Å². The van der Waals surface area contributed by atoms with Gasteiger partial charge in [-0.3, -0.25) is 9.89 Å². The Balaban J connectivity index is 1.26. The van der Waals surface area contributed by atoms with E-state index >= 15 is 0 Å². The zero-order valence-electron chi connectivity index (χ0n) is 19.1. The molecule has 9 heteroatoms. The fraction of sp³-hybridized carbons (Fsp3) is 0.667. The second-order valence-corrected chi connectivity index (χ2v) is 10.0. The molecule has 0 aromatic carbocycles. The van der Waals surface area contributed by atoms with Crippen LogP contribution in [0.15, 0.2) is 6.07 Å². The van der Waals surface area contributed by atoms with Crippen molar-refractivity contribution in [2.24, 2.45) is 0 Å². The molecule has 3 N–H and O–H groups in total. The summed E-state index contributed by atoms with van der Waals surface area (Å²) in [5.41, 5.74) is 3.47. The number of aromatic amines is 1. The van der Waals surface area contributed by atoms with Gasteiger partial charge in [0, 0.05) is 42.9 Å². The van der Waals surface area contributed by atoms with E-state index in [0.717, 1.165) is 56.0 Å². The summed E-state index contributed by atoms with van der Waals surface area (Å²) in [6.07, 6.45) is 10.0. The van der Waals surface area contributed by atoms with Gasteiger partial charge in [-0.1, -0.05) is 12.8 Å². The van der Waals surface area contributed by atoms with E-state index in [1.807, 2.05) is 0 Å². The number of carbonyl (C=O) groups excluding carboxylic acids is 1. The number of H-pyrrole nitrogens is 1. The number of amides is 1. The molecule has 2 atom stereocenters. The third kappa shape index (κ3) is 3.96. The first-order valence-corrected chi connectivity index (χ1v) is 12.6. The van der Waals surface area contributed by atoms with Gasteiger partial charge in [0.2, 0.25) is 11.9 Å². The van der Waals surface area contributed by atoms with Gasteiger partial charge < -0.3 is 20.2 Å². The molecule has 3 fully saturated rings. The molecule has 4 aliphatic rings. The Bertz CT molecular complexity index is 1030. The minimum absolute atomic E-state index is 0.0937. The minimum Gasteiger partial charge on any atom is -0.391 e. The number of carbonyl (C=O) groups is 1. The van der Waals surface area contributed by atoms with Crippen LogP contribution in [0.4, 0.5) is 17.6 Å². The quantitative estimate of drug-likeness (QED) is 0.641. The summed E-state index contributed by atoms with van der Waals surface area (Å²) in [5.74, 6) is 2.94. The van der Waals surface area contributed by atoms with Gasteiger partial charge in [-0.25, -0.2) is 4.98 Å². The second-order valence-electron chi connectivity index (χ2n) is 10.0. The van der Waals surface area contributed by atoms with Gasteiger partial charge in [0.1, 0.15) is 11.9 Å². The van der Waals surface area contributed by atoms with Gasteiger partial charge in [0.05, 0.1) is 11.8 Å². The van der Waals surface area contributed by atoms with Gasteiger partial charge in [0.15, 0.2) is 5.82 Å². The Hall–Kier alpha value is -2.68. The Morgan fingerprint density at radius 3 is 2.76 bits per heavy atom. The Morgan fingerprint density at radius 1 is 1.06 bits per heavy atom. The standard InChI is InChI=1S/C24H33N7O2/c32-16-10-12-30(14-16)23(33)20-9-4-11-31(20)24-25-18-8-3-7-17(18)22(27-24)26-21-13-19(28-29-21)15-5-1-2-6-15/h13,15-16,20,32H,1-12,14H2,(H2,25,26,27,28,29). The van der Waals surface area contributed by atoms with E-state index in [-0.39, 0.29) is 11.9 Å². The molecule has 2 saturated heterocycles. The molecule has 2 aliphatic carbocycles. The molecule has 0 bridgehead atoms. The summed E-state index contributed by atoms with van der Waals surface area (Å²) in [6.45, 7) is 1.84. The Labute approximate surface area is 194 Å². The number of nitrogens with zero attached hydrogens (tertiary/aromatic N) is 5. The van der Waals surface area contributed by atoms with Crippen LogP contribution in [0.2, 0.25) is 0 Å². The number of aryl methyl sites for hydroxylation is 1. The number of aromatic nitrogens is 4. The van der Waals surface area contributed by atoms with Gasteiger partial charge in [-0.2, -0.15) is 10.1 Å². The molecule has 6 rings (SSSR count). The number of hydrogen-bond acceptors (Lipinski definition) is 7. The van der Waals surface area contributed by atoms with Crippen molar-refractivity contribution in [2.45, 2.75) is 82.3 Å². The van der Waals surface area contributed by atoms with Crippen LogP contribution in [-0.2, 0) is 17.6 Å². The van der Waals surface area contributed by atoms with Crippen molar-refractivity contribution in [1.29, 1.82) is 0 Å². The highest BCUT2D eigenvalue weighted by Crippen LogP contribution is 2.36. The zero-order chi connectivity index (χ0) is 22.4. The van der Waals surface area contributed by atoms with Crippen LogP contribution < -0.4 is 10.2 Å². The van der Waals surface area contributed by atoms with E-state index in [0.29, 0.717) is 31.4 Å². The molecule has 2 aromatic rings. The van der Waals surface area contributed by atoms with Crippen LogP contribution in [0.1, 0.15) is 74.2 Å². The molecule has 4 heterocycles. The minimum atomic E-state index is -0.404. The smallest absolute Gasteiger partial charge is 0.245 e. The first-order chi connectivity index (χ1) is 16.2. The largest absolute Gasteiger partial charge is 0.391 e. The van der Waals surface area contributed by atoms with Crippen LogP contribution in [0, 0.1) is 0 Å². The molecule has 2 aromatic heterocycles. The lowest BCUT2D eigenvalue weighted by atomic mass is 10.0. The Kier molecular flexibility index (Phi) is 5.44. The fourth-order valence-corrected chi connectivity index (χ4v) is 6.03. The fourth-order valence-electron chi connectivity index (χ4n) is 6.03. The molecule has 1 amide bonds. The summed E-state index contributed by atoms with van der Waals surface area (Å²) in [6, 6.07) is 1.88. The lowest BCUT2D eigenvalue weighted by molar-refractivity contribution is -0.131. The van der Waals surface area contributed by atoms with Crippen LogP contribution in [-0.4, -0.2) is 67.9 Å². The lowest BCUT2D eigenvalue weighted by Gasteiger charge is -2.28. The van der Waals surface area contributed by atoms with Crippen molar-refractivity contribution >= 4 is 23.5 Å². The van der Waals surface area contributed by atoms with Crippen LogP contribution >= 0.6 is 0 Å². The molecule has 176 valence electrons. The summed E-state index contributed by atoms with van der Waals surface area (Å²) >= 11 is 0. The first kappa shape index (κ1) is 20.9. The number of aliphatic hydroxyl groups excluding tert-OH is 1. The highest BCUT2D eigenvalue weighted by atomic mass is 16.3. The van der Waals surface area contributed by atoms with E-state index in [2.05, 4.69) is 26.5 Å². The van der Waals surface area contributed by atoms with Crippen LogP contribution in [0.3, 0.4) is 0 Å². The third-order valence-corrected chi connectivity index (χ3v) is 7.83. The van der Waals surface area contributed by atoms with Crippen molar-refractivity contribution in [3.05, 3.63) is 23.0 Å². The lowest BCUT2D eigenvalue weighted by Crippen LogP contribution is -2.45. The van der Waals surface area contributed by atoms with E-state index < -0.39 is 6.10 Å².